The number of carbonyl (C=O) groups is 1. The number of halogens is 3. The van der Waals surface area contributed by atoms with Gasteiger partial charge in [0.05, 0.1) is 11.4 Å². The fraction of sp³-hybridized carbons (Fsp3) is 0.0435. The number of hydrogen-bond donors (Lipinski definition) is 1. The molecule has 0 aliphatic rings. The number of thioether (sulfide) groups is 1. The zero-order valence-electron chi connectivity index (χ0n) is 16.4. The average Bonchev–Trinajstić information content (AvgIpc) is 2.80. The van der Waals surface area contributed by atoms with Gasteiger partial charge in [-0.25, -0.2) is 9.37 Å². The maximum atomic E-state index is 13.8. The van der Waals surface area contributed by atoms with Crippen molar-refractivity contribution in [2.24, 2.45) is 0 Å². The van der Waals surface area contributed by atoms with Crippen molar-refractivity contribution in [2.45, 2.75) is 5.16 Å². The van der Waals surface area contributed by atoms with E-state index in [1.54, 1.807) is 12.1 Å². The summed E-state index contributed by atoms with van der Waals surface area (Å²) in [6, 6.07) is 21.5. The molecule has 0 aliphatic carbocycles. The van der Waals surface area contributed by atoms with Gasteiger partial charge in [0.25, 0.3) is 0 Å². The Morgan fingerprint density at radius 1 is 0.844 bits per heavy atom. The van der Waals surface area contributed by atoms with Crippen LogP contribution in [0.15, 0.2) is 86.9 Å². The molecule has 0 radical (unpaired) electrons. The smallest absolute Gasteiger partial charge is 0.234 e. The molecule has 3 aromatic carbocycles. The first-order valence-corrected chi connectivity index (χ1v) is 12.0. The number of nitrogens with one attached hydrogen (secondary N) is 1. The van der Waals surface area contributed by atoms with Gasteiger partial charge < -0.3 is 5.32 Å². The van der Waals surface area contributed by atoms with E-state index in [0.29, 0.717) is 16.5 Å². The van der Waals surface area contributed by atoms with Gasteiger partial charge in [0.15, 0.2) is 0 Å². The van der Waals surface area contributed by atoms with Crippen molar-refractivity contribution in [1.29, 1.82) is 0 Å². The second-order valence-electron chi connectivity index (χ2n) is 6.62. The van der Waals surface area contributed by atoms with Crippen LogP contribution in [0.2, 0.25) is 0 Å². The number of carbonyl (C=O) groups excluding carboxylic acids is 1. The molecule has 1 aromatic heterocycles. The summed E-state index contributed by atoms with van der Waals surface area (Å²) in [6.45, 7) is 0. The second-order valence-corrected chi connectivity index (χ2v) is 9.40. The van der Waals surface area contributed by atoms with Crippen LogP contribution < -0.4 is 5.32 Å². The van der Waals surface area contributed by atoms with Gasteiger partial charge in [0.2, 0.25) is 11.1 Å². The SMILES string of the molecule is O=C(CSc1nnc(-c2ccc(Br)cc2)c(-c2ccc(Br)cc2)n1)Nc1ccccc1F. The van der Waals surface area contributed by atoms with Gasteiger partial charge in [-0.15, -0.1) is 10.2 Å². The van der Waals surface area contributed by atoms with Crippen molar-refractivity contribution in [2.75, 3.05) is 11.1 Å². The minimum Gasteiger partial charge on any atom is -0.323 e. The van der Waals surface area contributed by atoms with Crippen LogP contribution in [-0.2, 0) is 4.79 Å². The van der Waals surface area contributed by atoms with E-state index in [0.717, 1.165) is 31.8 Å². The van der Waals surface area contributed by atoms with Crippen LogP contribution in [-0.4, -0.2) is 26.8 Å². The highest BCUT2D eigenvalue weighted by Gasteiger charge is 2.15. The fourth-order valence-electron chi connectivity index (χ4n) is 2.86. The Balaban J connectivity index is 1.59. The molecule has 4 aromatic rings. The molecule has 9 heteroatoms. The maximum Gasteiger partial charge on any atom is 0.234 e. The van der Waals surface area contributed by atoms with Crippen molar-refractivity contribution in [3.8, 4) is 22.5 Å². The molecular weight excluding hydrogens is 559 g/mol. The lowest BCUT2D eigenvalue weighted by atomic mass is 10.0. The number of nitrogens with zero attached hydrogens (tertiary/aromatic N) is 3. The maximum absolute atomic E-state index is 13.8. The predicted molar refractivity (Wildman–Crippen MR) is 132 cm³/mol. The average molecular weight is 574 g/mol. The lowest BCUT2D eigenvalue weighted by Gasteiger charge is -2.10. The van der Waals surface area contributed by atoms with Gasteiger partial charge in [-0.2, -0.15) is 0 Å². The van der Waals surface area contributed by atoms with Crippen molar-refractivity contribution in [1.82, 2.24) is 15.2 Å². The summed E-state index contributed by atoms with van der Waals surface area (Å²) in [4.78, 5) is 16.9. The lowest BCUT2D eigenvalue weighted by molar-refractivity contribution is -0.113. The van der Waals surface area contributed by atoms with Gasteiger partial charge in [0, 0.05) is 20.1 Å². The minimum atomic E-state index is -0.486. The molecule has 0 bridgehead atoms. The summed E-state index contributed by atoms with van der Waals surface area (Å²) in [5, 5.41) is 11.5. The quantitative estimate of drug-likeness (QED) is 0.263. The topological polar surface area (TPSA) is 67.8 Å². The van der Waals surface area contributed by atoms with E-state index in [-0.39, 0.29) is 17.3 Å². The van der Waals surface area contributed by atoms with Crippen LogP contribution in [0, 0.1) is 5.82 Å². The molecule has 0 saturated carbocycles. The summed E-state index contributed by atoms with van der Waals surface area (Å²) < 4.78 is 15.7. The Morgan fingerprint density at radius 3 is 2.06 bits per heavy atom. The van der Waals surface area contributed by atoms with Crippen LogP contribution in [0.25, 0.3) is 22.5 Å². The Bertz CT molecular complexity index is 1250. The van der Waals surface area contributed by atoms with E-state index in [4.69, 9.17) is 0 Å². The van der Waals surface area contributed by atoms with E-state index in [1.165, 1.54) is 12.1 Å². The van der Waals surface area contributed by atoms with Crippen molar-refractivity contribution >= 4 is 55.2 Å². The highest BCUT2D eigenvalue weighted by atomic mass is 79.9. The molecule has 0 atom stereocenters. The normalized spacial score (nSPS) is 10.7. The number of rotatable bonds is 6. The van der Waals surface area contributed by atoms with Crippen LogP contribution in [0.4, 0.5) is 10.1 Å². The summed E-state index contributed by atoms with van der Waals surface area (Å²) in [5.74, 6) is -0.820. The first-order chi connectivity index (χ1) is 15.5. The number of aromatic nitrogens is 3. The van der Waals surface area contributed by atoms with Gasteiger partial charge in [-0.3, -0.25) is 4.79 Å². The van der Waals surface area contributed by atoms with Gasteiger partial charge in [-0.05, 0) is 36.4 Å². The lowest BCUT2D eigenvalue weighted by Crippen LogP contribution is -2.15. The Kier molecular flexibility index (Phi) is 7.29. The second kappa shape index (κ2) is 10.3. The van der Waals surface area contributed by atoms with E-state index in [2.05, 4.69) is 52.4 Å². The molecule has 5 nitrogen and oxygen atoms in total. The van der Waals surface area contributed by atoms with E-state index < -0.39 is 5.82 Å². The zero-order valence-corrected chi connectivity index (χ0v) is 20.4. The summed E-state index contributed by atoms with van der Waals surface area (Å²) in [7, 11) is 0. The Labute approximate surface area is 205 Å². The number of para-hydroxylation sites is 1. The van der Waals surface area contributed by atoms with Gasteiger partial charge in [0.1, 0.15) is 17.2 Å². The zero-order chi connectivity index (χ0) is 22.5. The third kappa shape index (κ3) is 5.59. The predicted octanol–water partition coefficient (Wildman–Crippen LogP) is 6.60. The number of anilines is 1. The first-order valence-electron chi connectivity index (χ1n) is 9.43. The van der Waals surface area contributed by atoms with Gasteiger partial charge >= 0.3 is 0 Å². The molecule has 32 heavy (non-hydrogen) atoms. The molecule has 160 valence electrons. The molecule has 1 heterocycles. The van der Waals surface area contributed by atoms with Crippen molar-refractivity contribution in [3.05, 3.63) is 87.6 Å². The van der Waals surface area contributed by atoms with E-state index >= 15 is 0 Å². The molecule has 4 rings (SSSR count). The number of benzene rings is 3. The van der Waals surface area contributed by atoms with Crippen molar-refractivity contribution in [3.63, 3.8) is 0 Å². The minimum absolute atomic E-state index is 0.0213. The Hall–Kier alpha value is -2.62. The fourth-order valence-corrected chi connectivity index (χ4v) is 3.98. The molecule has 0 unspecified atom stereocenters. The van der Waals surface area contributed by atoms with Gasteiger partial charge in [-0.1, -0.05) is 80.0 Å². The molecule has 1 N–H and O–H groups in total. The monoisotopic (exact) mass is 572 g/mol. The third-order valence-corrected chi connectivity index (χ3v) is 6.28. The van der Waals surface area contributed by atoms with Crippen LogP contribution in [0.3, 0.4) is 0 Å². The molecule has 1 amide bonds. The summed E-state index contributed by atoms with van der Waals surface area (Å²) in [6.07, 6.45) is 0. The van der Waals surface area contributed by atoms with E-state index in [9.17, 15) is 9.18 Å². The highest BCUT2D eigenvalue weighted by Crippen LogP contribution is 2.31. The first kappa shape index (κ1) is 22.6. The van der Waals surface area contributed by atoms with Crippen molar-refractivity contribution < 1.29 is 9.18 Å². The number of hydrogen-bond acceptors (Lipinski definition) is 5. The molecule has 0 saturated heterocycles. The standard InChI is InChI=1S/C23H15Br2FN4OS/c24-16-9-5-14(6-10-16)21-22(15-7-11-17(25)12-8-15)29-30-23(28-21)32-13-20(31)27-19-4-2-1-3-18(19)26/h1-12H,13H2,(H,27,31). The summed E-state index contributed by atoms with van der Waals surface area (Å²) >= 11 is 8.03. The molecule has 0 spiro atoms. The molecule has 0 aliphatic heterocycles. The van der Waals surface area contributed by atoms with Crippen LogP contribution >= 0.6 is 43.6 Å². The third-order valence-electron chi connectivity index (χ3n) is 4.38. The number of amides is 1. The van der Waals surface area contributed by atoms with E-state index in [1.807, 2.05) is 48.5 Å². The highest BCUT2D eigenvalue weighted by molar-refractivity contribution is 9.10. The van der Waals surface area contributed by atoms with Crippen LogP contribution in [0.1, 0.15) is 0 Å². The molecular formula is C23H15Br2FN4OS. The summed E-state index contributed by atoms with van der Waals surface area (Å²) in [5.41, 5.74) is 3.18. The largest absolute Gasteiger partial charge is 0.323 e. The Morgan fingerprint density at radius 2 is 1.44 bits per heavy atom. The van der Waals surface area contributed by atoms with Crippen LogP contribution in [0.5, 0.6) is 0 Å². The molecule has 0 fully saturated rings.